The first kappa shape index (κ1) is 103. The highest BCUT2D eigenvalue weighted by atomic mass is 16.4. The van der Waals surface area contributed by atoms with Gasteiger partial charge in [-0.3, -0.25) is 87.5 Å². The minimum Gasteiger partial charge on any atom is -0.508 e. The first-order valence-corrected chi connectivity index (χ1v) is 39.0. The third kappa shape index (κ3) is 39.0. The van der Waals surface area contributed by atoms with Crippen molar-refractivity contribution in [3.05, 3.63) is 95.6 Å². The van der Waals surface area contributed by atoms with E-state index in [9.17, 15) is 112 Å². The van der Waals surface area contributed by atoms with Crippen molar-refractivity contribution >= 4 is 113 Å². The number of benzene rings is 3. The van der Waals surface area contributed by atoms with Crippen molar-refractivity contribution in [2.45, 2.75) is 208 Å². The van der Waals surface area contributed by atoms with Crippen molar-refractivity contribution in [3.8, 4) is 11.5 Å². The van der Waals surface area contributed by atoms with Gasteiger partial charge in [0.05, 0.1) is 38.3 Å². The van der Waals surface area contributed by atoms with Crippen molar-refractivity contribution in [2.24, 2.45) is 40.3 Å². The second kappa shape index (κ2) is 53.9. The molecule has 0 spiro atoms. The first-order valence-electron chi connectivity index (χ1n) is 39.0. The zero-order valence-electron chi connectivity index (χ0n) is 67.4. The van der Waals surface area contributed by atoms with E-state index in [0.717, 1.165) is 0 Å². The standard InChI is InChI=1S/C76H114N22O24/c1-3-39(2)61(73(120)96-55(74(121)122)37-60(107)108)98-65(112)48(18-12-30-86-76(83)84)87-63(110)46(16-7-9-27-77)89-69(116)52(34-57(80)102)93-71(118)53(35-58(103)104)94-68(115)51(33-42-21-25-44(101)26-22-42)91-67(114)49(31-40-13-5-4-6-14-40)90-64(111)47(17-8-10-28-78)88-66(113)50(32-41-19-23-43(100)24-20-41)92-70(117)54(36-59(105)106)95-72(119)56(38-99)97-62(109)45(79)15-11-29-85-75(81)82/h4-6,13-14,19-26,39,45-56,61,99-101H,3,7-12,15-18,27-38,77-79H2,1-2H3,(H2,80,102)(H,87,110)(H,88,113)(H,89,116)(H,90,111)(H,91,114)(H,92,117)(H,93,118)(H,94,115)(H,95,119)(H,96,120)(H,97,109)(H,98,112)(H,103,104)(H,105,106)(H,107,108)(H,121,122)(H4,81,82,85)(H4,83,84,86)/t39-,45-,46-,47-,48-,49-,50-,51-,52-,53-,54-,55-,56-,61-/m0/s1. The number of phenolic OH excluding ortho intramolecular Hbond substituents is 2. The Balaban J connectivity index is 2.10. The number of amides is 13. The molecule has 0 bridgehead atoms. The summed E-state index contributed by atoms with van der Waals surface area (Å²) in [5.41, 5.74) is 34.7. The van der Waals surface area contributed by atoms with Gasteiger partial charge in [-0.1, -0.05) is 74.9 Å². The normalized spacial score (nSPS) is 14.4. The topological polar surface area (TPSA) is 804 Å². The number of primary amides is 1. The van der Waals surface area contributed by atoms with E-state index in [1.807, 2.05) is 0 Å². The van der Waals surface area contributed by atoms with E-state index in [-0.39, 0.29) is 132 Å². The third-order valence-corrected chi connectivity index (χ3v) is 18.7. The molecule has 0 unspecified atom stereocenters. The lowest BCUT2D eigenvalue weighted by Gasteiger charge is -2.29. The molecule has 46 nitrogen and oxygen atoms in total. The van der Waals surface area contributed by atoms with E-state index in [1.54, 1.807) is 37.3 Å². The van der Waals surface area contributed by atoms with Gasteiger partial charge in [0, 0.05) is 32.4 Å². The summed E-state index contributed by atoms with van der Waals surface area (Å²) in [6.45, 7) is 2.27. The molecule has 0 aliphatic carbocycles. The summed E-state index contributed by atoms with van der Waals surface area (Å²) in [5, 5.41) is 118. The van der Waals surface area contributed by atoms with Gasteiger partial charge in [-0.05, 0) is 124 Å². The second-order valence-electron chi connectivity index (χ2n) is 28.6. The molecule has 35 N–H and O–H groups in total. The number of carboxylic acid groups (broad SMARTS) is 4. The van der Waals surface area contributed by atoms with Crippen LogP contribution in [0.15, 0.2) is 78.9 Å². The van der Waals surface area contributed by atoms with Crippen LogP contribution < -0.4 is 109 Å². The first-order chi connectivity index (χ1) is 57.7. The van der Waals surface area contributed by atoms with E-state index in [4.69, 9.17) is 45.2 Å². The lowest BCUT2D eigenvalue weighted by atomic mass is 9.97. The van der Waals surface area contributed by atoms with Crippen LogP contribution in [-0.4, -0.2) is 260 Å². The van der Waals surface area contributed by atoms with Gasteiger partial charge in [-0.25, -0.2) is 4.79 Å². The zero-order chi connectivity index (χ0) is 91.3. The SMILES string of the molecule is CC[C@H](C)[C@H](NC(=O)[C@H](CCCNC(=N)N)NC(=O)[C@H](CCCCN)NC(=O)[C@H](CC(N)=O)NC(=O)[C@H](CC(=O)O)NC(=O)[C@H](Cc1ccc(O)cc1)NC(=O)[C@H](Cc1ccccc1)NC(=O)[C@H](CCCCN)NC(=O)[C@H](Cc1ccc(O)cc1)NC(=O)[C@H](CC(=O)O)NC(=O)[C@H](CO)NC(=O)[C@@H](N)CCCNC(=N)N)C(=O)N[C@@H](CC(=O)O)C(=O)O. The van der Waals surface area contributed by atoms with Crippen LogP contribution in [0, 0.1) is 16.7 Å². The Morgan fingerprint density at radius 1 is 0.361 bits per heavy atom. The molecule has 122 heavy (non-hydrogen) atoms. The molecule has 46 heteroatoms. The number of nitrogens with two attached hydrogens (primary N) is 6. The van der Waals surface area contributed by atoms with Gasteiger partial charge in [0.2, 0.25) is 76.8 Å². The van der Waals surface area contributed by atoms with Crippen LogP contribution in [-0.2, 0) is 101 Å². The summed E-state index contributed by atoms with van der Waals surface area (Å²) in [6, 6.07) is -5.09. The molecule has 3 aromatic rings. The fourth-order valence-electron chi connectivity index (χ4n) is 11.9. The van der Waals surface area contributed by atoms with E-state index >= 15 is 4.79 Å². The number of guanidine groups is 2. The highest BCUT2D eigenvalue weighted by Gasteiger charge is 2.40. The van der Waals surface area contributed by atoms with Crippen LogP contribution >= 0.6 is 0 Å². The van der Waals surface area contributed by atoms with Gasteiger partial charge in [0.1, 0.15) is 84.0 Å². The lowest BCUT2D eigenvalue weighted by Crippen LogP contribution is -2.62. The quantitative estimate of drug-likeness (QED) is 0.0142. The minimum atomic E-state index is -2.22. The highest BCUT2D eigenvalue weighted by Crippen LogP contribution is 2.18. The number of hydrogen-bond acceptors (Lipinski definition) is 25. The average molecular weight is 1720 g/mol. The number of hydrogen-bond donors (Lipinski definition) is 29. The van der Waals surface area contributed by atoms with E-state index < -0.39 is 236 Å². The van der Waals surface area contributed by atoms with Gasteiger partial charge in [-0.15, -0.1) is 0 Å². The molecule has 3 aromatic carbocycles. The van der Waals surface area contributed by atoms with Crippen molar-refractivity contribution < 1.29 is 117 Å². The van der Waals surface area contributed by atoms with Crippen LogP contribution in [0.3, 0.4) is 0 Å². The number of rotatable bonds is 58. The summed E-state index contributed by atoms with van der Waals surface area (Å²) in [6.07, 6.45) is -5.61. The Morgan fingerprint density at radius 2 is 0.664 bits per heavy atom. The number of carboxylic acids is 4. The number of aliphatic carboxylic acids is 4. The molecule has 0 saturated heterocycles. The molecule has 13 amide bonds. The second-order valence-corrected chi connectivity index (χ2v) is 28.6. The number of unbranched alkanes of at least 4 members (excludes halogenated alkanes) is 2. The molecule has 0 aliphatic rings. The number of carbonyl (C=O) groups excluding carboxylic acids is 13. The van der Waals surface area contributed by atoms with E-state index in [1.165, 1.54) is 55.5 Å². The number of aliphatic hydroxyl groups excluding tert-OH is 1. The van der Waals surface area contributed by atoms with Crippen molar-refractivity contribution in [3.63, 3.8) is 0 Å². The van der Waals surface area contributed by atoms with E-state index in [2.05, 4.69) is 74.4 Å². The Hall–Kier alpha value is -13.4. The van der Waals surface area contributed by atoms with Crippen LogP contribution in [0.1, 0.15) is 127 Å². The van der Waals surface area contributed by atoms with Crippen LogP contribution in [0.2, 0.25) is 0 Å². The van der Waals surface area contributed by atoms with E-state index in [0.29, 0.717) is 5.56 Å². The lowest BCUT2D eigenvalue weighted by molar-refractivity contribution is -0.147. The van der Waals surface area contributed by atoms with Gasteiger partial charge >= 0.3 is 23.9 Å². The fourth-order valence-corrected chi connectivity index (χ4v) is 11.9. The Morgan fingerprint density at radius 3 is 1.02 bits per heavy atom. The predicted molar refractivity (Wildman–Crippen MR) is 434 cm³/mol. The maximum absolute atomic E-state index is 15.1. The van der Waals surface area contributed by atoms with Crippen molar-refractivity contribution in [1.29, 1.82) is 10.8 Å². The number of phenols is 2. The monoisotopic (exact) mass is 1720 g/mol. The van der Waals surface area contributed by atoms with Gasteiger partial charge < -0.3 is 145 Å². The predicted octanol–water partition coefficient (Wildman–Crippen LogP) is -7.52. The molecular formula is C76H114N22O24. The molecule has 0 aliphatic heterocycles. The van der Waals surface area contributed by atoms with Crippen LogP contribution in [0.4, 0.5) is 0 Å². The summed E-state index contributed by atoms with van der Waals surface area (Å²) < 4.78 is 0. The summed E-state index contributed by atoms with van der Waals surface area (Å²) >= 11 is 0. The molecule has 672 valence electrons. The molecule has 0 saturated carbocycles. The number of aromatic hydroxyl groups is 2. The molecule has 0 aromatic heterocycles. The maximum Gasteiger partial charge on any atom is 0.326 e. The molecule has 0 fully saturated rings. The molecular weight excluding hydrogens is 1600 g/mol. The van der Waals surface area contributed by atoms with Crippen molar-refractivity contribution in [2.75, 3.05) is 32.8 Å². The minimum absolute atomic E-state index is 0.00575. The summed E-state index contributed by atoms with van der Waals surface area (Å²) in [5.74, 6) is -24.2. The fraction of sp³-hybridized carbons (Fsp3) is 0.513. The van der Waals surface area contributed by atoms with Gasteiger partial charge in [0.25, 0.3) is 0 Å². The summed E-state index contributed by atoms with van der Waals surface area (Å²) in [7, 11) is 0. The summed E-state index contributed by atoms with van der Waals surface area (Å²) in [4.78, 5) is 233. The molecule has 0 radical (unpaired) electrons. The maximum atomic E-state index is 15.1. The Bertz CT molecular complexity index is 4070. The molecule has 0 heterocycles. The smallest absolute Gasteiger partial charge is 0.326 e. The molecule has 3 rings (SSSR count). The van der Waals surface area contributed by atoms with Gasteiger partial charge in [0.15, 0.2) is 11.9 Å². The van der Waals surface area contributed by atoms with Crippen LogP contribution in [0.5, 0.6) is 11.5 Å². The van der Waals surface area contributed by atoms with Crippen LogP contribution in [0.25, 0.3) is 0 Å². The number of aliphatic hydroxyl groups is 1. The Labute approximate surface area is 700 Å². The number of carbonyl (C=O) groups is 17. The number of nitrogens with one attached hydrogen (secondary N) is 16. The average Bonchev–Trinajstić information content (AvgIpc) is 0.865. The highest BCUT2D eigenvalue weighted by molar-refractivity contribution is 6.02. The Kier molecular flexibility index (Phi) is 45.5. The zero-order valence-corrected chi connectivity index (χ0v) is 67.4. The van der Waals surface area contributed by atoms with Gasteiger partial charge in [-0.2, -0.15) is 0 Å². The molecule has 14 atom stereocenters. The third-order valence-electron chi connectivity index (χ3n) is 18.7. The van der Waals surface area contributed by atoms with Crippen molar-refractivity contribution in [1.82, 2.24) is 74.4 Å². The largest absolute Gasteiger partial charge is 0.508 e.